The molecule has 0 spiro atoms. The zero-order valence-electron chi connectivity index (χ0n) is 12.1. The Hall–Kier alpha value is -1.95. The Kier molecular flexibility index (Phi) is 5.06. The second-order valence-corrected chi connectivity index (χ2v) is 4.64. The summed E-state index contributed by atoms with van der Waals surface area (Å²) in [5.41, 5.74) is 0.816. The van der Waals surface area contributed by atoms with Gasteiger partial charge in [0.1, 0.15) is 5.82 Å². The van der Waals surface area contributed by atoms with Gasteiger partial charge in [0.15, 0.2) is 5.82 Å². The molecule has 1 N–H and O–H groups in total. The van der Waals surface area contributed by atoms with Crippen LogP contribution in [0.2, 0.25) is 0 Å². The summed E-state index contributed by atoms with van der Waals surface area (Å²) in [7, 11) is 1.65. The monoisotopic (exact) mass is 276 g/mol. The predicted molar refractivity (Wildman–Crippen MR) is 76.5 cm³/mol. The molecule has 0 bridgehead atoms. The van der Waals surface area contributed by atoms with Crippen molar-refractivity contribution in [3.63, 3.8) is 0 Å². The Labute approximate surface area is 118 Å². The predicted octanol–water partition coefficient (Wildman–Crippen LogP) is 2.53. The van der Waals surface area contributed by atoms with Crippen LogP contribution >= 0.6 is 0 Å². The first-order valence-corrected chi connectivity index (χ1v) is 6.77. The van der Waals surface area contributed by atoms with Crippen molar-refractivity contribution in [2.45, 2.75) is 32.7 Å². The third-order valence-corrected chi connectivity index (χ3v) is 3.01. The van der Waals surface area contributed by atoms with Crippen molar-refractivity contribution in [3.05, 3.63) is 24.2 Å². The van der Waals surface area contributed by atoms with Crippen LogP contribution < -0.4 is 5.32 Å². The third kappa shape index (κ3) is 3.77. The molecule has 0 aromatic carbocycles. The molecule has 0 aliphatic rings. The van der Waals surface area contributed by atoms with Crippen molar-refractivity contribution in [2.75, 3.05) is 19.0 Å². The average Bonchev–Trinajstić information content (AvgIpc) is 2.94. The van der Waals surface area contributed by atoms with E-state index < -0.39 is 0 Å². The molecule has 0 aliphatic carbocycles. The maximum Gasteiger partial charge on any atom is 0.259 e. The summed E-state index contributed by atoms with van der Waals surface area (Å²) in [4.78, 5) is 8.66. The van der Waals surface area contributed by atoms with Gasteiger partial charge in [0, 0.05) is 25.8 Å². The summed E-state index contributed by atoms with van der Waals surface area (Å²) in [6.45, 7) is 4.83. The van der Waals surface area contributed by atoms with Gasteiger partial charge in [-0.15, -0.1) is 0 Å². The summed E-state index contributed by atoms with van der Waals surface area (Å²) in [5.74, 6) is 1.98. The molecule has 0 unspecified atom stereocenters. The van der Waals surface area contributed by atoms with Crippen LogP contribution in [0.15, 0.2) is 22.9 Å². The molecular weight excluding hydrogens is 256 g/mol. The number of nitrogens with zero attached hydrogens (tertiary/aromatic N) is 3. The minimum absolute atomic E-state index is 0.400. The topological polar surface area (TPSA) is 73.1 Å². The van der Waals surface area contributed by atoms with Gasteiger partial charge < -0.3 is 14.6 Å². The van der Waals surface area contributed by atoms with E-state index in [4.69, 9.17) is 9.26 Å². The highest BCUT2D eigenvalue weighted by Crippen LogP contribution is 2.18. The Morgan fingerprint density at radius 1 is 1.40 bits per heavy atom. The third-order valence-electron chi connectivity index (χ3n) is 3.01. The molecule has 0 amide bonds. The Balaban J connectivity index is 2.03. The van der Waals surface area contributed by atoms with Crippen LogP contribution in [0.1, 0.15) is 26.1 Å². The van der Waals surface area contributed by atoms with Gasteiger partial charge in [-0.1, -0.05) is 12.1 Å². The quantitative estimate of drug-likeness (QED) is 0.837. The van der Waals surface area contributed by atoms with E-state index in [1.807, 2.05) is 12.1 Å². The molecule has 2 aromatic heterocycles. The Morgan fingerprint density at radius 2 is 2.25 bits per heavy atom. The number of hydrogen-bond donors (Lipinski definition) is 1. The van der Waals surface area contributed by atoms with Crippen molar-refractivity contribution in [3.8, 4) is 11.5 Å². The van der Waals surface area contributed by atoms with E-state index in [-0.39, 0.29) is 0 Å². The lowest BCUT2D eigenvalue weighted by molar-refractivity contribution is 0.199. The minimum atomic E-state index is 0.400. The summed E-state index contributed by atoms with van der Waals surface area (Å²) in [5, 5.41) is 7.21. The second kappa shape index (κ2) is 7.00. The van der Waals surface area contributed by atoms with Gasteiger partial charge in [-0.25, -0.2) is 4.98 Å². The first-order valence-electron chi connectivity index (χ1n) is 6.77. The summed E-state index contributed by atoms with van der Waals surface area (Å²) in [6.07, 6.45) is 3.43. The van der Waals surface area contributed by atoms with E-state index in [0.717, 1.165) is 17.8 Å². The Bertz CT molecular complexity index is 524. The lowest BCUT2D eigenvalue weighted by Gasteiger charge is -2.11. The number of nitrogens with one attached hydrogen (secondary N) is 1. The number of hydrogen-bond acceptors (Lipinski definition) is 6. The van der Waals surface area contributed by atoms with Gasteiger partial charge >= 0.3 is 0 Å². The molecule has 0 aliphatic heterocycles. The van der Waals surface area contributed by atoms with Crippen molar-refractivity contribution in [1.29, 1.82) is 0 Å². The van der Waals surface area contributed by atoms with Gasteiger partial charge in [-0.2, -0.15) is 4.98 Å². The van der Waals surface area contributed by atoms with E-state index in [1.54, 1.807) is 13.3 Å². The Morgan fingerprint density at radius 3 is 2.90 bits per heavy atom. The van der Waals surface area contributed by atoms with Gasteiger partial charge in [-0.05, 0) is 25.5 Å². The highest BCUT2D eigenvalue weighted by Gasteiger charge is 2.09. The zero-order chi connectivity index (χ0) is 14.4. The standard InChI is InChI=1S/C14H20N4O2/c1-4-10(2)16-12-6-5-11(9-15-12)14-17-13(18-20-14)7-8-19-3/h5-6,9-10H,4,7-8H2,1-3H3,(H,15,16)/t10-/m0/s1. The largest absolute Gasteiger partial charge is 0.384 e. The van der Waals surface area contributed by atoms with Crippen molar-refractivity contribution < 1.29 is 9.26 Å². The maximum absolute atomic E-state index is 5.21. The van der Waals surface area contributed by atoms with E-state index in [1.165, 1.54) is 0 Å². The molecule has 0 saturated heterocycles. The molecule has 20 heavy (non-hydrogen) atoms. The summed E-state index contributed by atoms with van der Waals surface area (Å²) < 4.78 is 10.2. The fraction of sp³-hybridized carbons (Fsp3) is 0.500. The van der Waals surface area contributed by atoms with Crippen LogP contribution in [0.4, 0.5) is 5.82 Å². The molecule has 108 valence electrons. The molecule has 0 saturated carbocycles. The minimum Gasteiger partial charge on any atom is -0.384 e. The molecule has 1 atom stereocenters. The van der Waals surface area contributed by atoms with Crippen LogP contribution in [0.3, 0.4) is 0 Å². The fourth-order valence-corrected chi connectivity index (χ4v) is 1.63. The number of aromatic nitrogens is 3. The molecule has 2 aromatic rings. The molecule has 6 nitrogen and oxygen atoms in total. The molecule has 0 radical (unpaired) electrons. The summed E-state index contributed by atoms with van der Waals surface area (Å²) in [6, 6.07) is 4.24. The highest BCUT2D eigenvalue weighted by atomic mass is 16.5. The van der Waals surface area contributed by atoms with Crippen molar-refractivity contribution >= 4 is 5.82 Å². The van der Waals surface area contributed by atoms with Crippen molar-refractivity contribution in [1.82, 2.24) is 15.1 Å². The van der Waals surface area contributed by atoms with E-state index in [2.05, 4.69) is 34.3 Å². The number of pyridine rings is 1. The average molecular weight is 276 g/mol. The normalized spacial score (nSPS) is 12.3. The molecular formula is C14H20N4O2. The molecule has 0 fully saturated rings. The zero-order valence-corrected chi connectivity index (χ0v) is 12.1. The first-order chi connectivity index (χ1) is 9.72. The smallest absolute Gasteiger partial charge is 0.259 e. The van der Waals surface area contributed by atoms with E-state index in [0.29, 0.717) is 30.8 Å². The van der Waals surface area contributed by atoms with Crippen LogP contribution in [0, 0.1) is 0 Å². The number of ether oxygens (including phenoxy) is 1. The van der Waals surface area contributed by atoms with Gasteiger partial charge in [0.05, 0.1) is 12.2 Å². The number of methoxy groups -OCH3 is 1. The first kappa shape index (κ1) is 14.5. The van der Waals surface area contributed by atoms with E-state index in [9.17, 15) is 0 Å². The van der Waals surface area contributed by atoms with Gasteiger partial charge in [-0.3, -0.25) is 0 Å². The fourth-order valence-electron chi connectivity index (χ4n) is 1.63. The summed E-state index contributed by atoms with van der Waals surface area (Å²) >= 11 is 0. The van der Waals surface area contributed by atoms with Crippen LogP contribution in [-0.2, 0) is 11.2 Å². The van der Waals surface area contributed by atoms with Crippen molar-refractivity contribution in [2.24, 2.45) is 0 Å². The van der Waals surface area contributed by atoms with E-state index >= 15 is 0 Å². The lowest BCUT2D eigenvalue weighted by atomic mass is 10.2. The maximum atomic E-state index is 5.21. The molecule has 6 heteroatoms. The lowest BCUT2D eigenvalue weighted by Crippen LogP contribution is -2.14. The van der Waals surface area contributed by atoms with Crippen LogP contribution in [0.25, 0.3) is 11.5 Å². The van der Waals surface area contributed by atoms with Crippen LogP contribution in [0.5, 0.6) is 0 Å². The SMILES string of the molecule is CC[C@H](C)Nc1ccc(-c2nc(CCOC)no2)cn1. The second-order valence-electron chi connectivity index (χ2n) is 4.64. The number of rotatable bonds is 7. The molecule has 2 heterocycles. The van der Waals surface area contributed by atoms with Gasteiger partial charge in [0.25, 0.3) is 5.89 Å². The molecule has 2 rings (SSSR count). The number of anilines is 1. The van der Waals surface area contributed by atoms with Crippen LogP contribution in [-0.4, -0.2) is 34.9 Å². The van der Waals surface area contributed by atoms with Gasteiger partial charge in [0.2, 0.25) is 0 Å². The highest BCUT2D eigenvalue weighted by molar-refractivity contribution is 5.54.